The van der Waals surface area contributed by atoms with Gasteiger partial charge in [0, 0.05) is 40.3 Å². The Morgan fingerprint density at radius 3 is 1.65 bits per heavy atom. The van der Waals surface area contributed by atoms with Crippen molar-refractivity contribution in [3.05, 3.63) is 158 Å². The fourth-order valence-electron chi connectivity index (χ4n) is 8.06. The van der Waals surface area contributed by atoms with Crippen LogP contribution in [0.2, 0.25) is 0 Å². The summed E-state index contributed by atoms with van der Waals surface area (Å²) < 4.78 is 5.39. The molecule has 0 amide bonds. The molecule has 0 radical (unpaired) electrons. The van der Waals surface area contributed by atoms with E-state index < -0.39 is 0 Å². The van der Waals surface area contributed by atoms with Crippen LogP contribution in [0, 0.1) is 0 Å². The van der Waals surface area contributed by atoms with E-state index in [-0.39, 0.29) is 0 Å². The quantitative estimate of drug-likeness (QED) is 0.165. The number of hydrogen-bond acceptors (Lipinski definition) is 2. The zero-order chi connectivity index (χ0) is 31.3. The normalized spacial score (nSPS) is 12.2. The van der Waals surface area contributed by atoms with Gasteiger partial charge in [-0.2, -0.15) is 0 Å². The van der Waals surface area contributed by atoms with Crippen molar-refractivity contribution >= 4 is 106 Å². The van der Waals surface area contributed by atoms with Gasteiger partial charge in [0.25, 0.3) is 0 Å². The lowest BCUT2D eigenvalue weighted by Crippen LogP contribution is -1.89. The average molecular weight is 643 g/mol. The Kier molecular flexibility index (Phi) is 5.51. The summed E-state index contributed by atoms with van der Waals surface area (Å²) in [6.07, 6.45) is 0. The van der Waals surface area contributed by atoms with E-state index in [1.165, 1.54) is 106 Å². The molecule has 48 heavy (non-hydrogen) atoms. The molecular weight excluding hydrogens is 617 g/mol. The number of fused-ring (bicyclic) bond motifs is 11. The van der Waals surface area contributed by atoms with Crippen LogP contribution in [0.5, 0.6) is 0 Å². The summed E-state index contributed by atoms with van der Waals surface area (Å²) in [6, 6.07) is 58.9. The molecule has 0 aliphatic carbocycles. The summed E-state index contributed by atoms with van der Waals surface area (Å²) in [5.41, 5.74) is 5.12. The summed E-state index contributed by atoms with van der Waals surface area (Å²) in [5.74, 6) is 0. The van der Waals surface area contributed by atoms with Crippen molar-refractivity contribution in [2.24, 2.45) is 0 Å². The Morgan fingerprint density at radius 1 is 0.292 bits per heavy atom. The summed E-state index contributed by atoms with van der Waals surface area (Å²) in [4.78, 5) is 0. The first-order valence-corrected chi connectivity index (χ1v) is 18.1. The molecule has 11 rings (SSSR count). The second-order valence-electron chi connectivity index (χ2n) is 12.8. The molecule has 222 valence electrons. The molecule has 0 saturated carbocycles. The van der Waals surface area contributed by atoms with E-state index in [0.717, 1.165) is 0 Å². The fourth-order valence-corrected chi connectivity index (χ4v) is 10.3. The second kappa shape index (κ2) is 9.98. The van der Waals surface area contributed by atoms with Gasteiger partial charge in [-0.1, -0.05) is 115 Å². The van der Waals surface area contributed by atoms with Crippen molar-refractivity contribution in [3.63, 3.8) is 0 Å². The zero-order valence-electron chi connectivity index (χ0n) is 25.8. The topological polar surface area (TPSA) is 0 Å². The van der Waals surface area contributed by atoms with Crippen molar-refractivity contribution in [2.45, 2.75) is 0 Å². The van der Waals surface area contributed by atoms with Crippen molar-refractivity contribution in [1.29, 1.82) is 0 Å². The van der Waals surface area contributed by atoms with Gasteiger partial charge in [-0.05, 0) is 108 Å². The Morgan fingerprint density at radius 2 is 0.854 bits per heavy atom. The van der Waals surface area contributed by atoms with E-state index in [9.17, 15) is 0 Å². The lowest BCUT2D eigenvalue weighted by molar-refractivity contribution is 1.68. The van der Waals surface area contributed by atoms with Gasteiger partial charge in [0.15, 0.2) is 0 Å². The highest BCUT2D eigenvalue weighted by Crippen LogP contribution is 2.45. The van der Waals surface area contributed by atoms with E-state index >= 15 is 0 Å². The van der Waals surface area contributed by atoms with Crippen LogP contribution in [0.4, 0.5) is 0 Å². The highest BCUT2D eigenvalue weighted by molar-refractivity contribution is 7.26. The molecule has 0 aliphatic heterocycles. The molecule has 11 aromatic rings. The zero-order valence-corrected chi connectivity index (χ0v) is 27.5. The summed E-state index contributed by atoms with van der Waals surface area (Å²) in [5, 5.41) is 15.8. The van der Waals surface area contributed by atoms with Crippen LogP contribution in [-0.4, -0.2) is 0 Å². The van der Waals surface area contributed by atoms with Gasteiger partial charge in [0.2, 0.25) is 0 Å². The fraction of sp³-hybridized carbons (Fsp3) is 0. The van der Waals surface area contributed by atoms with E-state index in [2.05, 4.69) is 158 Å². The van der Waals surface area contributed by atoms with Gasteiger partial charge in [0.05, 0.1) is 0 Å². The molecule has 9 aromatic carbocycles. The third kappa shape index (κ3) is 3.76. The van der Waals surface area contributed by atoms with Crippen molar-refractivity contribution in [1.82, 2.24) is 0 Å². The standard InChI is InChI=1S/C46H26S2/c1-3-11-32-27(9-1)23-28-10-2-4-12-33(28)45(32)36-20-19-31(34-13-5-6-14-35(34)36)29-17-21-42-39(24-29)40-25-30-18-22-43-46(38(30)26-44(40)48-42)37-15-7-8-16-41(37)47-43/h1-26H. The maximum atomic E-state index is 2.44. The number of rotatable bonds is 2. The highest BCUT2D eigenvalue weighted by atomic mass is 32.1. The minimum atomic E-state index is 1.26. The predicted molar refractivity (Wildman–Crippen MR) is 213 cm³/mol. The Balaban J connectivity index is 1.13. The number of benzene rings is 9. The maximum Gasteiger partial charge on any atom is 0.0362 e. The Hall–Kier alpha value is -5.54. The maximum absolute atomic E-state index is 2.44. The molecule has 0 unspecified atom stereocenters. The van der Waals surface area contributed by atoms with Crippen LogP contribution in [0.3, 0.4) is 0 Å². The monoisotopic (exact) mass is 642 g/mol. The summed E-state index contributed by atoms with van der Waals surface area (Å²) in [6.45, 7) is 0. The molecular formula is C46H26S2. The molecule has 0 saturated heterocycles. The largest absolute Gasteiger partial charge is 0.135 e. The van der Waals surface area contributed by atoms with Crippen molar-refractivity contribution < 1.29 is 0 Å². The predicted octanol–water partition coefficient (Wildman–Crippen LogP) is 14.4. The van der Waals surface area contributed by atoms with Gasteiger partial charge < -0.3 is 0 Å². The van der Waals surface area contributed by atoms with E-state index in [4.69, 9.17) is 0 Å². The van der Waals surface area contributed by atoms with Crippen LogP contribution in [0.1, 0.15) is 0 Å². The van der Waals surface area contributed by atoms with E-state index in [1.807, 2.05) is 22.7 Å². The highest BCUT2D eigenvalue weighted by Gasteiger charge is 2.17. The van der Waals surface area contributed by atoms with Crippen LogP contribution >= 0.6 is 22.7 Å². The van der Waals surface area contributed by atoms with Gasteiger partial charge in [0.1, 0.15) is 0 Å². The lowest BCUT2D eigenvalue weighted by Gasteiger charge is -2.16. The molecule has 0 fully saturated rings. The first-order valence-electron chi connectivity index (χ1n) is 16.4. The lowest BCUT2D eigenvalue weighted by atomic mass is 9.87. The van der Waals surface area contributed by atoms with E-state index in [0.29, 0.717) is 0 Å². The van der Waals surface area contributed by atoms with Crippen LogP contribution in [0.25, 0.3) is 106 Å². The van der Waals surface area contributed by atoms with Gasteiger partial charge >= 0.3 is 0 Å². The molecule has 0 atom stereocenters. The molecule has 0 N–H and O–H groups in total. The summed E-state index contributed by atoms with van der Waals surface area (Å²) >= 11 is 3.80. The van der Waals surface area contributed by atoms with Crippen molar-refractivity contribution in [3.8, 4) is 22.3 Å². The second-order valence-corrected chi connectivity index (χ2v) is 15.0. The van der Waals surface area contributed by atoms with Gasteiger partial charge in [-0.3, -0.25) is 0 Å². The summed E-state index contributed by atoms with van der Waals surface area (Å²) in [7, 11) is 0. The third-order valence-electron chi connectivity index (χ3n) is 10.2. The minimum absolute atomic E-state index is 1.26. The van der Waals surface area contributed by atoms with Crippen LogP contribution < -0.4 is 0 Å². The van der Waals surface area contributed by atoms with Crippen molar-refractivity contribution in [2.75, 3.05) is 0 Å². The molecule has 2 heteroatoms. The smallest absolute Gasteiger partial charge is 0.0362 e. The number of hydrogen-bond donors (Lipinski definition) is 0. The SMILES string of the molecule is c1ccc2c(-c3ccc(-c4ccc5sc6cc7c(ccc8sc9ccccc9c87)cc6c5c4)c4ccccc34)c3ccccc3cc2c1. The van der Waals surface area contributed by atoms with Crippen LogP contribution in [-0.2, 0) is 0 Å². The molecule has 2 aromatic heterocycles. The Labute approximate surface area is 284 Å². The molecule has 0 spiro atoms. The van der Waals surface area contributed by atoms with Crippen LogP contribution in [0.15, 0.2) is 158 Å². The molecule has 0 bridgehead atoms. The average Bonchev–Trinajstić information content (AvgIpc) is 3.70. The molecule has 2 heterocycles. The van der Waals surface area contributed by atoms with Gasteiger partial charge in [-0.15, -0.1) is 22.7 Å². The number of thiophene rings is 2. The Bertz CT molecular complexity index is 3070. The first-order chi connectivity index (χ1) is 23.8. The molecule has 0 nitrogen and oxygen atoms in total. The third-order valence-corrected chi connectivity index (χ3v) is 12.5. The first kappa shape index (κ1) is 26.5. The molecule has 0 aliphatic rings. The van der Waals surface area contributed by atoms with E-state index in [1.54, 1.807) is 0 Å². The minimum Gasteiger partial charge on any atom is -0.135 e. The van der Waals surface area contributed by atoms with Gasteiger partial charge in [-0.25, -0.2) is 0 Å².